The van der Waals surface area contributed by atoms with Crippen LogP contribution in [0.25, 0.3) is 0 Å². The van der Waals surface area contributed by atoms with Gasteiger partial charge in [0.25, 0.3) is 0 Å². The van der Waals surface area contributed by atoms with E-state index in [0.717, 1.165) is 0 Å². The van der Waals surface area contributed by atoms with Crippen LogP contribution >= 0.6 is 0 Å². The van der Waals surface area contributed by atoms with Crippen LogP contribution in [0.4, 0.5) is 0 Å². The summed E-state index contributed by atoms with van der Waals surface area (Å²) in [5.41, 5.74) is 0.585. The number of benzene rings is 1. The van der Waals surface area contributed by atoms with Gasteiger partial charge in [0.05, 0.1) is 6.61 Å². The molecule has 0 amide bonds. The lowest BCUT2D eigenvalue weighted by Crippen LogP contribution is -2.07. The average molecular weight is 207 g/mol. The molecule has 0 aromatic heterocycles. The van der Waals surface area contributed by atoms with Crippen molar-refractivity contribution in [2.75, 3.05) is 13.2 Å². The highest BCUT2D eigenvalue weighted by Crippen LogP contribution is 2.12. The number of para-hydroxylation sites is 1. The number of carbonyl (C=O) groups is 1. The second kappa shape index (κ2) is 5.80. The molecule has 1 aromatic rings. The Morgan fingerprint density at radius 2 is 2.27 bits per heavy atom. The van der Waals surface area contributed by atoms with E-state index in [0.29, 0.717) is 12.2 Å². The lowest BCUT2D eigenvalue weighted by Gasteiger charge is -1.98. The summed E-state index contributed by atoms with van der Waals surface area (Å²) in [6.45, 7) is 2.07. The van der Waals surface area contributed by atoms with E-state index in [4.69, 9.17) is 4.74 Å². The molecule has 4 heteroatoms. The third-order valence-electron chi connectivity index (χ3n) is 1.69. The molecule has 0 spiro atoms. The van der Waals surface area contributed by atoms with Crippen LogP contribution in [0.3, 0.4) is 0 Å². The van der Waals surface area contributed by atoms with Gasteiger partial charge in [-0.1, -0.05) is 12.1 Å². The van der Waals surface area contributed by atoms with Gasteiger partial charge < -0.3 is 9.84 Å². The Hall–Kier alpha value is -1.84. The highest BCUT2D eigenvalue weighted by Gasteiger charge is 1.98. The van der Waals surface area contributed by atoms with Crippen LogP contribution in [-0.2, 0) is 9.53 Å². The molecular weight excluding hydrogens is 194 g/mol. The third kappa shape index (κ3) is 3.81. The van der Waals surface area contributed by atoms with Crippen molar-refractivity contribution >= 4 is 12.2 Å². The van der Waals surface area contributed by atoms with E-state index in [1.807, 2.05) is 0 Å². The highest BCUT2D eigenvalue weighted by atomic mass is 16.5. The predicted octanol–water partition coefficient (Wildman–Crippen LogP) is 1.37. The number of phenolic OH excluding ortho intramolecular Hbond substituents is 1. The number of hydrogen-bond donors (Lipinski definition) is 1. The Balaban J connectivity index is 2.52. The number of carbonyl (C=O) groups excluding carboxylic acids is 1. The fourth-order valence-corrected chi connectivity index (χ4v) is 1.02. The summed E-state index contributed by atoms with van der Waals surface area (Å²) >= 11 is 0. The normalized spacial score (nSPS) is 10.5. The van der Waals surface area contributed by atoms with Gasteiger partial charge in [0.1, 0.15) is 12.3 Å². The second-order valence-corrected chi connectivity index (χ2v) is 2.83. The lowest BCUT2D eigenvalue weighted by molar-refractivity contribution is -0.141. The molecule has 0 bridgehead atoms. The number of esters is 1. The molecule has 0 radical (unpaired) electrons. The maximum atomic E-state index is 10.9. The van der Waals surface area contributed by atoms with Gasteiger partial charge in [0, 0.05) is 11.8 Å². The first-order chi connectivity index (χ1) is 7.24. The zero-order valence-corrected chi connectivity index (χ0v) is 8.51. The Bertz CT molecular complexity index is 361. The van der Waals surface area contributed by atoms with Crippen molar-refractivity contribution in [3.8, 4) is 5.75 Å². The first kappa shape index (κ1) is 11.2. The predicted molar refractivity (Wildman–Crippen MR) is 57.2 cm³/mol. The van der Waals surface area contributed by atoms with Gasteiger partial charge in [-0.15, -0.1) is 0 Å². The molecule has 1 N–H and O–H groups in total. The van der Waals surface area contributed by atoms with Crippen molar-refractivity contribution in [1.82, 2.24) is 0 Å². The molecule has 0 aliphatic heterocycles. The van der Waals surface area contributed by atoms with E-state index in [-0.39, 0.29) is 18.3 Å². The van der Waals surface area contributed by atoms with Crippen LogP contribution in [0, 0.1) is 0 Å². The summed E-state index contributed by atoms with van der Waals surface area (Å²) in [4.78, 5) is 14.8. The summed E-state index contributed by atoms with van der Waals surface area (Å²) in [6, 6.07) is 6.78. The fourth-order valence-electron chi connectivity index (χ4n) is 1.02. The molecule has 0 fully saturated rings. The Morgan fingerprint density at radius 3 is 2.93 bits per heavy atom. The third-order valence-corrected chi connectivity index (χ3v) is 1.69. The minimum atomic E-state index is -0.371. The number of phenols is 1. The number of nitrogens with zero attached hydrogens (tertiary/aromatic N) is 1. The number of hydrogen-bond acceptors (Lipinski definition) is 4. The van der Waals surface area contributed by atoms with Crippen LogP contribution < -0.4 is 0 Å². The zero-order chi connectivity index (χ0) is 11.1. The van der Waals surface area contributed by atoms with E-state index in [9.17, 15) is 9.90 Å². The van der Waals surface area contributed by atoms with Crippen molar-refractivity contribution in [1.29, 1.82) is 0 Å². The van der Waals surface area contributed by atoms with Crippen molar-refractivity contribution < 1.29 is 14.6 Å². The molecule has 0 heterocycles. The SMILES string of the molecule is CCOC(=O)C/N=C/c1ccccc1O. The van der Waals surface area contributed by atoms with Gasteiger partial charge >= 0.3 is 5.97 Å². The van der Waals surface area contributed by atoms with Gasteiger partial charge in [-0.05, 0) is 19.1 Å². The van der Waals surface area contributed by atoms with Crippen LogP contribution in [0.1, 0.15) is 12.5 Å². The Labute approximate surface area is 88.2 Å². The molecule has 0 aliphatic rings. The number of aliphatic imine (C=N–C) groups is 1. The topological polar surface area (TPSA) is 58.9 Å². The molecule has 15 heavy (non-hydrogen) atoms. The highest BCUT2D eigenvalue weighted by molar-refractivity contribution is 5.85. The molecule has 0 unspecified atom stereocenters. The number of rotatable bonds is 4. The molecule has 1 rings (SSSR count). The van der Waals surface area contributed by atoms with Crippen molar-refractivity contribution in [3.05, 3.63) is 29.8 Å². The molecule has 0 atom stereocenters. The Morgan fingerprint density at radius 1 is 1.53 bits per heavy atom. The van der Waals surface area contributed by atoms with Gasteiger partial charge in [-0.2, -0.15) is 0 Å². The van der Waals surface area contributed by atoms with E-state index < -0.39 is 0 Å². The zero-order valence-electron chi connectivity index (χ0n) is 8.51. The first-order valence-corrected chi connectivity index (χ1v) is 4.67. The van der Waals surface area contributed by atoms with E-state index in [1.54, 1.807) is 31.2 Å². The monoisotopic (exact) mass is 207 g/mol. The lowest BCUT2D eigenvalue weighted by atomic mass is 10.2. The van der Waals surface area contributed by atoms with E-state index in [2.05, 4.69) is 4.99 Å². The molecule has 0 saturated heterocycles. The molecule has 0 saturated carbocycles. The van der Waals surface area contributed by atoms with Crippen LogP contribution in [0.5, 0.6) is 5.75 Å². The minimum Gasteiger partial charge on any atom is -0.507 e. The molecular formula is C11H13NO3. The summed E-state index contributed by atoms with van der Waals surface area (Å²) in [7, 11) is 0. The van der Waals surface area contributed by atoms with Gasteiger partial charge in [0.15, 0.2) is 0 Å². The summed E-state index contributed by atoms with van der Waals surface area (Å²) < 4.78 is 4.69. The van der Waals surface area contributed by atoms with Crippen molar-refractivity contribution in [2.24, 2.45) is 4.99 Å². The smallest absolute Gasteiger partial charge is 0.327 e. The van der Waals surface area contributed by atoms with Gasteiger partial charge in [0.2, 0.25) is 0 Å². The Kier molecular flexibility index (Phi) is 4.34. The average Bonchev–Trinajstić information content (AvgIpc) is 2.21. The fraction of sp³-hybridized carbons (Fsp3) is 0.273. The molecule has 80 valence electrons. The largest absolute Gasteiger partial charge is 0.507 e. The van der Waals surface area contributed by atoms with Gasteiger partial charge in [-0.25, -0.2) is 0 Å². The first-order valence-electron chi connectivity index (χ1n) is 4.67. The van der Waals surface area contributed by atoms with Gasteiger partial charge in [-0.3, -0.25) is 9.79 Å². The molecule has 1 aromatic carbocycles. The van der Waals surface area contributed by atoms with Crippen molar-refractivity contribution in [3.63, 3.8) is 0 Å². The number of ether oxygens (including phenoxy) is 1. The van der Waals surface area contributed by atoms with Crippen molar-refractivity contribution in [2.45, 2.75) is 6.92 Å². The maximum Gasteiger partial charge on any atom is 0.327 e. The maximum absolute atomic E-state index is 10.9. The summed E-state index contributed by atoms with van der Waals surface area (Å²) in [6.07, 6.45) is 1.45. The van der Waals surface area contributed by atoms with E-state index >= 15 is 0 Å². The standard InChI is InChI=1S/C11H13NO3/c1-2-15-11(14)8-12-7-9-5-3-4-6-10(9)13/h3-7,13H,2,8H2,1H3/b12-7+. The summed E-state index contributed by atoms with van der Waals surface area (Å²) in [5.74, 6) is -0.228. The number of aromatic hydroxyl groups is 1. The minimum absolute atomic E-state index is 0.0256. The van der Waals surface area contributed by atoms with Crippen LogP contribution in [0.15, 0.2) is 29.3 Å². The molecule has 4 nitrogen and oxygen atoms in total. The van der Waals surface area contributed by atoms with Crippen LogP contribution in [0.2, 0.25) is 0 Å². The van der Waals surface area contributed by atoms with Crippen LogP contribution in [-0.4, -0.2) is 30.4 Å². The second-order valence-electron chi connectivity index (χ2n) is 2.83. The summed E-state index contributed by atoms with van der Waals surface area (Å²) in [5, 5.41) is 9.37. The quantitative estimate of drug-likeness (QED) is 0.599. The molecule has 0 aliphatic carbocycles. The van der Waals surface area contributed by atoms with E-state index in [1.165, 1.54) is 6.21 Å².